The second kappa shape index (κ2) is 6.38. The van der Waals surface area contributed by atoms with Crippen LogP contribution in [-0.4, -0.2) is 35.6 Å². The molecule has 2 amide bonds. The topological polar surface area (TPSA) is 91.6 Å². The number of carbonyl (C=O) groups is 2. The average molecular weight is 266 g/mol. The van der Waals surface area contributed by atoms with Gasteiger partial charge in [-0.2, -0.15) is 0 Å². The minimum Gasteiger partial charge on any atom is -0.459 e. The highest BCUT2D eigenvalue weighted by molar-refractivity contribution is 5.94. The molecule has 0 aromatic carbocycles. The molecule has 0 atom stereocenters. The Morgan fingerprint density at radius 1 is 1.32 bits per heavy atom. The molecule has 2 rings (SSSR count). The molecular weight excluding hydrogens is 248 g/mol. The molecule has 6 nitrogen and oxygen atoms in total. The lowest BCUT2D eigenvalue weighted by atomic mass is 9.93. The van der Waals surface area contributed by atoms with Gasteiger partial charge in [-0.15, -0.1) is 0 Å². The van der Waals surface area contributed by atoms with E-state index >= 15 is 0 Å². The molecule has 0 aliphatic heterocycles. The number of amides is 2. The first-order valence-corrected chi connectivity index (χ1v) is 6.44. The predicted molar refractivity (Wildman–Crippen MR) is 67.4 cm³/mol. The van der Waals surface area contributed by atoms with Crippen LogP contribution in [-0.2, 0) is 4.79 Å². The van der Waals surface area contributed by atoms with Gasteiger partial charge in [0, 0.05) is 6.04 Å². The van der Waals surface area contributed by atoms with E-state index in [4.69, 9.17) is 4.42 Å². The van der Waals surface area contributed by atoms with Crippen LogP contribution < -0.4 is 10.6 Å². The Morgan fingerprint density at radius 3 is 2.68 bits per heavy atom. The first-order valence-electron chi connectivity index (χ1n) is 6.44. The second-order valence-electron chi connectivity index (χ2n) is 4.73. The minimum absolute atomic E-state index is 0.0708. The number of carbonyl (C=O) groups excluding carboxylic acids is 2. The number of aliphatic hydroxyl groups is 1. The molecule has 19 heavy (non-hydrogen) atoms. The highest BCUT2D eigenvalue weighted by atomic mass is 16.3. The number of nitrogens with one attached hydrogen (secondary N) is 2. The van der Waals surface area contributed by atoms with Gasteiger partial charge in [0.25, 0.3) is 5.91 Å². The molecule has 1 fully saturated rings. The third-order valence-corrected chi connectivity index (χ3v) is 3.22. The van der Waals surface area contributed by atoms with E-state index < -0.39 is 5.91 Å². The van der Waals surface area contributed by atoms with E-state index in [9.17, 15) is 14.7 Å². The normalized spacial score (nSPS) is 22.8. The average Bonchev–Trinajstić information content (AvgIpc) is 2.93. The van der Waals surface area contributed by atoms with Crippen molar-refractivity contribution >= 4 is 11.8 Å². The maximum Gasteiger partial charge on any atom is 0.287 e. The summed E-state index contributed by atoms with van der Waals surface area (Å²) in [7, 11) is 0. The maximum absolute atomic E-state index is 11.6. The SMILES string of the molecule is O=C(CNC(=O)c1ccco1)NC1CCC(O)CC1. The zero-order valence-electron chi connectivity index (χ0n) is 10.6. The molecule has 1 saturated carbocycles. The minimum atomic E-state index is -0.404. The van der Waals surface area contributed by atoms with Crippen LogP contribution in [0.5, 0.6) is 0 Å². The van der Waals surface area contributed by atoms with Crippen LogP contribution in [0.4, 0.5) is 0 Å². The van der Waals surface area contributed by atoms with E-state index in [-0.39, 0.29) is 30.4 Å². The number of hydrogen-bond donors (Lipinski definition) is 3. The van der Waals surface area contributed by atoms with Crippen molar-refractivity contribution < 1.29 is 19.1 Å². The summed E-state index contributed by atoms with van der Waals surface area (Å²) in [5, 5.41) is 14.7. The van der Waals surface area contributed by atoms with E-state index in [0.717, 1.165) is 12.8 Å². The summed E-state index contributed by atoms with van der Waals surface area (Å²) in [4.78, 5) is 23.2. The summed E-state index contributed by atoms with van der Waals surface area (Å²) in [6, 6.07) is 3.24. The second-order valence-corrected chi connectivity index (χ2v) is 4.73. The summed E-state index contributed by atoms with van der Waals surface area (Å²) in [5.41, 5.74) is 0. The van der Waals surface area contributed by atoms with Crippen LogP contribution >= 0.6 is 0 Å². The quantitative estimate of drug-likeness (QED) is 0.737. The van der Waals surface area contributed by atoms with Crippen molar-refractivity contribution in [3.8, 4) is 0 Å². The number of rotatable bonds is 4. The molecule has 1 aliphatic carbocycles. The smallest absolute Gasteiger partial charge is 0.287 e. The van der Waals surface area contributed by atoms with E-state index in [0.29, 0.717) is 12.8 Å². The van der Waals surface area contributed by atoms with Crippen molar-refractivity contribution in [2.75, 3.05) is 6.54 Å². The lowest BCUT2D eigenvalue weighted by Gasteiger charge is -2.26. The lowest BCUT2D eigenvalue weighted by molar-refractivity contribution is -0.121. The highest BCUT2D eigenvalue weighted by Crippen LogP contribution is 2.17. The summed E-state index contributed by atoms with van der Waals surface area (Å²) in [6.07, 6.45) is 4.14. The van der Waals surface area contributed by atoms with Crippen LogP contribution in [0.25, 0.3) is 0 Å². The molecule has 3 N–H and O–H groups in total. The van der Waals surface area contributed by atoms with Crippen LogP contribution in [0.2, 0.25) is 0 Å². The van der Waals surface area contributed by atoms with Gasteiger partial charge in [-0.05, 0) is 37.8 Å². The molecule has 0 unspecified atom stereocenters. The van der Waals surface area contributed by atoms with E-state index in [1.807, 2.05) is 0 Å². The highest BCUT2D eigenvalue weighted by Gasteiger charge is 2.21. The molecule has 1 aromatic rings. The first kappa shape index (κ1) is 13.6. The van der Waals surface area contributed by atoms with Crippen molar-refractivity contribution in [3.05, 3.63) is 24.2 Å². The largest absolute Gasteiger partial charge is 0.459 e. The molecule has 0 spiro atoms. The van der Waals surface area contributed by atoms with E-state index in [2.05, 4.69) is 10.6 Å². The zero-order chi connectivity index (χ0) is 13.7. The molecule has 6 heteroatoms. The van der Waals surface area contributed by atoms with Gasteiger partial charge in [0.05, 0.1) is 18.9 Å². The molecular formula is C13H18N2O4. The summed E-state index contributed by atoms with van der Waals surface area (Å²) in [6.45, 7) is -0.0708. The van der Waals surface area contributed by atoms with Gasteiger partial charge < -0.3 is 20.2 Å². The maximum atomic E-state index is 11.6. The predicted octanol–water partition coefficient (Wildman–Crippen LogP) is 0.429. The summed E-state index contributed by atoms with van der Waals surface area (Å²) in [5.74, 6) is -0.436. The van der Waals surface area contributed by atoms with Crippen molar-refractivity contribution in [3.63, 3.8) is 0 Å². The number of furan rings is 1. The molecule has 104 valence electrons. The van der Waals surface area contributed by atoms with Crippen molar-refractivity contribution in [2.45, 2.75) is 37.8 Å². The van der Waals surface area contributed by atoms with Gasteiger partial charge in [0.1, 0.15) is 0 Å². The fourth-order valence-corrected chi connectivity index (χ4v) is 2.15. The number of aliphatic hydroxyl groups excluding tert-OH is 1. The van der Waals surface area contributed by atoms with Crippen LogP contribution in [0.1, 0.15) is 36.2 Å². The third kappa shape index (κ3) is 4.10. The lowest BCUT2D eigenvalue weighted by Crippen LogP contribution is -2.43. The Morgan fingerprint density at radius 2 is 2.05 bits per heavy atom. The van der Waals surface area contributed by atoms with Crippen molar-refractivity contribution in [1.82, 2.24) is 10.6 Å². The first-order chi connectivity index (χ1) is 9.15. The summed E-state index contributed by atoms with van der Waals surface area (Å²) < 4.78 is 4.92. The summed E-state index contributed by atoms with van der Waals surface area (Å²) >= 11 is 0. The zero-order valence-corrected chi connectivity index (χ0v) is 10.6. The molecule has 0 bridgehead atoms. The van der Waals surface area contributed by atoms with Crippen molar-refractivity contribution in [1.29, 1.82) is 0 Å². The third-order valence-electron chi connectivity index (χ3n) is 3.22. The number of hydrogen-bond acceptors (Lipinski definition) is 4. The van der Waals surface area contributed by atoms with Gasteiger partial charge in [0.15, 0.2) is 5.76 Å². The molecule has 1 aromatic heterocycles. The standard InChI is InChI=1S/C13H18N2O4/c16-10-5-3-9(4-6-10)15-12(17)8-14-13(18)11-2-1-7-19-11/h1-2,7,9-10,16H,3-6,8H2,(H,14,18)(H,15,17). The monoisotopic (exact) mass is 266 g/mol. The Labute approximate surface area is 111 Å². The van der Waals surface area contributed by atoms with Gasteiger partial charge >= 0.3 is 0 Å². The van der Waals surface area contributed by atoms with Gasteiger partial charge in [-0.3, -0.25) is 9.59 Å². The Balaban J connectivity index is 1.69. The Hall–Kier alpha value is -1.82. The fraction of sp³-hybridized carbons (Fsp3) is 0.538. The Bertz CT molecular complexity index is 422. The van der Waals surface area contributed by atoms with Crippen LogP contribution in [0.3, 0.4) is 0 Å². The van der Waals surface area contributed by atoms with Gasteiger partial charge in [0.2, 0.25) is 5.91 Å². The Kier molecular flexibility index (Phi) is 4.57. The van der Waals surface area contributed by atoms with E-state index in [1.165, 1.54) is 12.3 Å². The molecule has 1 aliphatic rings. The molecule has 0 saturated heterocycles. The van der Waals surface area contributed by atoms with Crippen LogP contribution in [0.15, 0.2) is 22.8 Å². The van der Waals surface area contributed by atoms with Crippen molar-refractivity contribution in [2.24, 2.45) is 0 Å². The van der Waals surface area contributed by atoms with Gasteiger partial charge in [-0.25, -0.2) is 0 Å². The van der Waals surface area contributed by atoms with Crippen LogP contribution in [0, 0.1) is 0 Å². The molecule has 1 heterocycles. The fourth-order valence-electron chi connectivity index (χ4n) is 2.15. The molecule has 0 radical (unpaired) electrons. The van der Waals surface area contributed by atoms with Gasteiger partial charge in [-0.1, -0.05) is 0 Å². The van der Waals surface area contributed by atoms with E-state index in [1.54, 1.807) is 6.07 Å².